The van der Waals surface area contributed by atoms with Crippen LogP contribution in [-0.4, -0.2) is 28.4 Å². The summed E-state index contributed by atoms with van der Waals surface area (Å²) in [6.45, 7) is 0. The van der Waals surface area contributed by atoms with Crippen LogP contribution in [0.25, 0.3) is 0 Å². The third kappa shape index (κ3) is 1.35. The third-order valence-electron chi connectivity index (χ3n) is 1.58. The van der Waals surface area contributed by atoms with Gasteiger partial charge < -0.3 is 9.84 Å². The van der Waals surface area contributed by atoms with Crippen molar-refractivity contribution in [3.8, 4) is 5.75 Å². The van der Waals surface area contributed by atoms with Gasteiger partial charge in [0.15, 0.2) is 11.6 Å². The molecule has 1 atom stereocenters. The molecule has 0 saturated heterocycles. The minimum Gasteiger partial charge on any atom is -0.478 e. The Hall–Kier alpha value is -1.91. The lowest BCUT2D eigenvalue weighted by Gasteiger charge is -2.15. The van der Waals surface area contributed by atoms with Crippen molar-refractivity contribution in [2.24, 2.45) is 4.99 Å². The Kier molecular flexibility index (Phi) is 1.70. The quantitative estimate of drug-likeness (QED) is 0.684. The van der Waals surface area contributed by atoms with Gasteiger partial charge in [0, 0.05) is 6.20 Å². The smallest absolute Gasteiger partial charge is 0.350 e. The van der Waals surface area contributed by atoms with Crippen LogP contribution < -0.4 is 4.74 Å². The molecule has 5 heteroatoms. The largest absolute Gasteiger partial charge is 0.478 e. The normalized spacial score (nSPS) is 18.9. The topological polar surface area (TPSA) is 71.8 Å². The van der Waals surface area contributed by atoms with Gasteiger partial charge >= 0.3 is 5.97 Å². The molecule has 1 aliphatic rings. The first-order valence-corrected chi connectivity index (χ1v) is 3.66. The van der Waals surface area contributed by atoms with E-state index in [0.29, 0.717) is 11.6 Å². The van der Waals surface area contributed by atoms with E-state index in [0.717, 1.165) is 0 Å². The molecule has 1 aromatic heterocycles. The highest BCUT2D eigenvalue weighted by Gasteiger charge is 2.22. The minimum absolute atomic E-state index is 0.400. The highest BCUT2D eigenvalue weighted by atomic mass is 16.5. The maximum absolute atomic E-state index is 10.5. The number of nitrogens with zero attached hydrogens (tertiary/aromatic N) is 2. The SMILES string of the molecule is O=C(O)C1C=Nc2ncccc2O1. The molecule has 1 aromatic rings. The van der Waals surface area contributed by atoms with Gasteiger partial charge in [-0.15, -0.1) is 0 Å². The number of carboxylic acid groups (broad SMARTS) is 1. The van der Waals surface area contributed by atoms with Crippen molar-refractivity contribution >= 4 is 18.0 Å². The summed E-state index contributed by atoms with van der Waals surface area (Å²) in [7, 11) is 0. The zero-order valence-corrected chi connectivity index (χ0v) is 6.54. The van der Waals surface area contributed by atoms with Crippen LogP contribution in [0.5, 0.6) is 5.75 Å². The van der Waals surface area contributed by atoms with Gasteiger partial charge in [0.05, 0.1) is 6.21 Å². The zero-order valence-electron chi connectivity index (χ0n) is 6.54. The van der Waals surface area contributed by atoms with Gasteiger partial charge in [0.25, 0.3) is 0 Å². The number of hydrogen-bond donors (Lipinski definition) is 1. The van der Waals surface area contributed by atoms with Crippen molar-refractivity contribution in [1.29, 1.82) is 0 Å². The summed E-state index contributed by atoms with van der Waals surface area (Å²) in [6, 6.07) is 3.30. The molecule has 1 aliphatic heterocycles. The Balaban J connectivity index is 2.34. The van der Waals surface area contributed by atoms with E-state index in [4.69, 9.17) is 9.84 Å². The molecule has 0 bridgehead atoms. The van der Waals surface area contributed by atoms with E-state index < -0.39 is 12.1 Å². The predicted molar refractivity (Wildman–Crippen MR) is 44.4 cm³/mol. The standard InChI is InChI=1S/C8H6N2O3/c11-8(12)6-4-10-7-5(13-6)2-1-3-9-7/h1-4,6H,(H,11,12). The van der Waals surface area contributed by atoms with Crippen molar-refractivity contribution in [2.45, 2.75) is 6.10 Å². The molecular formula is C8H6N2O3. The fourth-order valence-corrected chi connectivity index (χ4v) is 0.991. The Morgan fingerprint density at radius 2 is 2.46 bits per heavy atom. The first-order valence-electron chi connectivity index (χ1n) is 3.66. The van der Waals surface area contributed by atoms with Crippen LogP contribution in [-0.2, 0) is 4.79 Å². The predicted octanol–water partition coefficient (Wildman–Crippen LogP) is 0.629. The lowest BCUT2D eigenvalue weighted by Crippen LogP contribution is -2.30. The van der Waals surface area contributed by atoms with E-state index in [1.165, 1.54) is 6.21 Å². The molecule has 66 valence electrons. The van der Waals surface area contributed by atoms with Gasteiger partial charge in [-0.2, -0.15) is 0 Å². The number of aliphatic imine (C=N–C) groups is 1. The molecule has 1 unspecified atom stereocenters. The van der Waals surface area contributed by atoms with Crippen LogP contribution in [0, 0.1) is 0 Å². The molecule has 0 fully saturated rings. The minimum atomic E-state index is -1.06. The van der Waals surface area contributed by atoms with Crippen LogP contribution in [0.1, 0.15) is 0 Å². The van der Waals surface area contributed by atoms with Crippen molar-refractivity contribution in [2.75, 3.05) is 0 Å². The van der Waals surface area contributed by atoms with Crippen molar-refractivity contribution in [3.05, 3.63) is 18.3 Å². The van der Waals surface area contributed by atoms with E-state index in [2.05, 4.69) is 9.98 Å². The second-order valence-electron chi connectivity index (χ2n) is 2.48. The molecule has 0 aromatic carbocycles. The average Bonchev–Trinajstić information content (AvgIpc) is 2.17. The number of carbonyl (C=O) groups is 1. The number of rotatable bonds is 1. The zero-order chi connectivity index (χ0) is 9.26. The molecule has 0 saturated carbocycles. The summed E-state index contributed by atoms with van der Waals surface area (Å²) >= 11 is 0. The monoisotopic (exact) mass is 178 g/mol. The number of aromatic nitrogens is 1. The van der Waals surface area contributed by atoms with Crippen LogP contribution >= 0.6 is 0 Å². The van der Waals surface area contributed by atoms with Crippen molar-refractivity contribution in [3.63, 3.8) is 0 Å². The second-order valence-corrected chi connectivity index (χ2v) is 2.48. The van der Waals surface area contributed by atoms with Gasteiger partial charge in [0.1, 0.15) is 0 Å². The molecule has 5 nitrogen and oxygen atoms in total. The fraction of sp³-hybridized carbons (Fsp3) is 0.125. The molecule has 2 heterocycles. The molecule has 0 amide bonds. The molecule has 0 spiro atoms. The maximum Gasteiger partial charge on any atom is 0.350 e. The summed E-state index contributed by atoms with van der Waals surface area (Å²) in [6.07, 6.45) is 1.79. The number of aliphatic carboxylic acids is 1. The average molecular weight is 178 g/mol. The lowest BCUT2D eigenvalue weighted by molar-refractivity contribution is -0.141. The van der Waals surface area contributed by atoms with Crippen molar-refractivity contribution < 1.29 is 14.6 Å². The summed E-state index contributed by atoms with van der Waals surface area (Å²) < 4.78 is 5.08. The first kappa shape index (κ1) is 7.72. The Morgan fingerprint density at radius 3 is 3.23 bits per heavy atom. The van der Waals surface area contributed by atoms with Gasteiger partial charge in [0.2, 0.25) is 6.10 Å². The van der Waals surface area contributed by atoms with E-state index >= 15 is 0 Å². The van der Waals surface area contributed by atoms with E-state index in [9.17, 15) is 4.79 Å². The molecule has 1 N–H and O–H groups in total. The van der Waals surface area contributed by atoms with E-state index in [-0.39, 0.29) is 0 Å². The molecule has 2 rings (SSSR count). The Bertz CT molecular complexity index is 375. The van der Waals surface area contributed by atoms with Crippen LogP contribution in [0.4, 0.5) is 5.82 Å². The maximum atomic E-state index is 10.5. The highest BCUT2D eigenvalue weighted by Crippen LogP contribution is 2.27. The second kappa shape index (κ2) is 2.85. The summed E-state index contributed by atoms with van der Waals surface area (Å²) in [4.78, 5) is 18.3. The third-order valence-corrected chi connectivity index (χ3v) is 1.58. The van der Waals surface area contributed by atoms with E-state index in [1.807, 2.05) is 0 Å². The highest BCUT2D eigenvalue weighted by molar-refractivity contribution is 5.94. The molecule has 13 heavy (non-hydrogen) atoms. The molecule has 0 radical (unpaired) electrons. The number of hydrogen-bond acceptors (Lipinski definition) is 4. The summed E-state index contributed by atoms with van der Waals surface area (Å²) in [5, 5.41) is 8.63. The van der Waals surface area contributed by atoms with Gasteiger partial charge in [-0.25, -0.2) is 14.8 Å². The van der Waals surface area contributed by atoms with Crippen LogP contribution in [0.3, 0.4) is 0 Å². The first-order chi connectivity index (χ1) is 6.27. The van der Waals surface area contributed by atoms with Gasteiger partial charge in [-0.3, -0.25) is 0 Å². The van der Waals surface area contributed by atoms with Gasteiger partial charge in [-0.1, -0.05) is 0 Å². The van der Waals surface area contributed by atoms with Crippen molar-refractivity contribution in [1.82, 2.24) is 4.98 Å². The number of fused-ring (bicyclic) bond motifs is 1. The number of carboxylic acids is 1. The summed E-state index contributed by atoms with van der Waals surface area (Å²) in [5.74, 6) is -0.240. The van der Waals surface area contributed by atoms with Crippen LogP contribution in [0.2, 0.25) is 0 Å². The number of pyridine rings is 1. The Labute approximate surface area is 73.7 Å². The fourth-order valence-electron chi connectivity index (χ4n) is 0.991. The molecule has 0 aliphatic carbocycles. The molecular weight excluding hydrogens is 172 g/mol. The summed E-state index contributed by atoms with van der Waals surface area (Å²) in [5.41, 5.74) is 0. The van der Waals surface area contributed by atoms with Crippen LogP contribution in [0.15, 0.2) is 23.3 Å². The lowest BCUT2D eigenvalue weighted by atomic mass is 10.3. The number of ether oxygens (including phenoxy) is 1. The van der Waals surface area contributed by atoms with Gasteiger partial charge in [-0.05, 0) is 12.1 Å². The van der Waals surface area contributed by atoms with E-state index in [1.54, 1.807) is 18.3 Å². The Morgan fingerprint density at radius 1 is 1.62 bits per heavy atom.